The molecule has 2 aliphatic rings. The van der Waals surface area contributed by atoms with E-state index in [1.807, 2.05) is 50.2 Å². The SMILES string of the molecule is CCOc1ccc(NC(=O)C2(C)COC3(CCCCC3)OC2)c2ccccc12. The molecule has 1 spiro atoms. The van der Waals surface area contributed by atoms with E-state index in [-0.39, 0.29) is 5.91 Å². The second-order valence-electron chi connectivity index (χ2n) is 8.15. The molecule has 150 valence electrons. The monoisotopic (exact) mass is 383 g/mol. The molecule has 1 saturated heterocycles. The largest absolute Gasteiger partial charge is 0.493 e. The fourth-order valence-corrected chi connectivity index (χ4v) is 4.11. The molecule has 0 aromatic heterocycles. The number of carbonyl (C=O) groups is 1. The minimum absolute atomic E-state index is 0.0764. The molecular formula is C23H29NO4. The normalized spacial score (nSPS) is 20.8. The van der Waals surface area contributed by atoms with E-state index in [1.165, 1.54) is 6.42 Å². The number of nitrogens with one attached hydrogen (secondary N) is 1. The van der Waals surface area contributed by atoms with E-state index in [4.69, 9.17) is 14.2 Å². The predicted octanol–water partition coefficient (Wildman–Crippen LogP) is 4.89. The lowest BCUT2D eigenvalue weighted by Gasteiger charge is -2.45. The van der Waals surface area contributed by atoms with Gasteiger partial charge in [-0.15, -0.1) is 0 Å². The van der Waals surface area contributed by atoms with Crippen LogP contribution in [0.4, 0.5) is 5.69 Å². The summed E-state index contributed by atoms with van der Waals surface area (Å²) in [6.45, 7) is 5.24. The Morgan fingerprint density at radius 3 is 2.39 bits per heavy atom. The molecular weight excluding hydrogens is 354 g/mol. The van der Waals surface area contributed by atoms with Crippen LogP contribution >= 0.6 is 0 Å². The van der Waals surface area contributed by atoms with Crippen LogP contribution in [0, 0.1) is 5.41 Å². The highest BCUT2D eigenvalue weighted by Gasteiger charge is 2.46. The predicted molar refractivity (Wildman–Crippen MR) is 110 cm³/mol. The van der Waals surface area contributed by atoms with Crippen molar-refractivity contribution in [1.29, 1.82) is 0 Å². The standard InChI is InChI=1S/C23H29NO4/c1-3-26-20-12-11-19(17-9-5-6-10-18(17)20)24-21(25)22(2)15-27-23(28-16-22)13-7-4-8-14-23/h5-6,9-12H,3-4,7-8,13-16H2,1-2H3,(H,24,25). The van der Waals surface area contributed by atoms with E-state index >= 15 is 0 Å². The summed E-state index contributed by atoms with van der Waals surface area (Å²) in [5, 5.41) is 5.06. The number of carbonyl (C=O) groups excluding carboxylic acids is 1. The van der Waals surface area contributed by atoms with Crippen molar-refractivity contribution in [1.82, 2.24) is 0 Å². The summed E-state index contributed by atoms with van der Waals surface area (Å²) in [5.74, 6) is 0.280. The van der Waals surface area contributed by atoms with Crippen LogP contribution in [0.3, 0.4) is 0 Å². The molecule has 0 atom stereocenters. The summed E-state index contributed by atoms with van der Waals surface area (Å²) >= 11 is 0. The van der Waals surface area contributed by atoms with E-state index in [0.29, 0.717) is 19.8 Å². The highest BCUT2D eigenvalue weighted by molar-refractivity contribution is 6.05. The number of fused-ring (bicyclic) bond motifs is 1. The quantitative estimate of drug-likeness (QED) is 0.817. The third-order valence-corrected chi connectivity index (χ3v) is 5.90. The van der Waals surface area contributed by atoms with Gasteiger partial charge in [0, 0.05) is 29.3 Å². The van der Waals surface area contributed by atoms with Crippen LogP contribution in [0.15, 0.2) is 36.4 Å². The molecule has 0 radical (unpaired) electrons. The van der Waals surface area contributed by atoms with Crippen LogP contribution in [0.25, 0.3) is 10.8 Å². The van der Waals surface area contributed by atoms with E-state index in [2.05, 4.69) is 5.32 Å². The molecule has 0 bridgehead atoms. The molecule has 28 heavy (non-hydrogen) atoms. The van der Waals surface area contributed by atoms with Crippen LogP contribution in [0.5, 0.6) is 5.75 Å². The third-order valence-electron chi connectivity index (χ3n) is 5.90. The highest BCUT2D eigenvalue weighted by Crippen LogP contribution is 2.40. The summed E-state index contributed by atoms with van der Waals surface area (Å²) < 4.78 is 18.0. The Labute approximate surface area is 166 Å². The van der Waals surface area contributed by atoms with Crippen LogP contribution in [0.2, 0.25) is 0 Å². The molecule has 0 unspecified atom stereocenters. The molecule has 2 fully saturated rings. The third kappa shape index (κ3) is 3.61. The van der Waals surface area contributed by atoms with Crippen molar-refractivity contribution in [3.63, 3.8) is 0 Å². The Balaban J connectivity index is 1.51. The maximum atomic E-state index is 13.1. The first kappa shape index (κ1) is 19.2. The van der Waals surface area contributed by atoms with Gasteiger partial charge in [0.2, 0.25) is 5.91 Å². The molecule has 1 N–H and O–H groups in total. The molecule has 5 heteroatoms. The number of rotatable bonds is 4. The zero-order valence-electron chi connectivity index (χ0n) is 16.8. The highest BCUT2D eigenvalue weighted by atomic mass is 16.7. The van der Waals surface area contributed by atoms with Gasteiger partial charge in [0.05, 0.1) is 25.2 Å². The Morgan fingerprint density at radius 1 is 1.04 bits per heavy atom. The van der Waals surface area contributed by atoms with Crippen molar-refractivity contribution >= 4 is 22.4 Å². The van der Waals surface area contributed by atoms with Gasteiger partial charge in [-0.1, -0.05) is 30.7 Å². The fraction of sp³-hybridized carbons (Fsp3) is 0.522. The number of anilines is 1. The number of hydrogen-bond donors (Lipinski definition) is 1. The number of benzene rings is 2. The van der Waals surface area contributed by atoms with E-state index < -0.39 is 11.2 Å². The average Bonchev–Trinajstić information content (AvgIpc) is 2.73. The molecule has 1 amide bonds. The summed E-state index contributed by atoms with van der Waals surface area (Å²) in [4.78, 5) is 13.1. The lowest BCUT2D eigenvalue weighted by Crippen LogP contribution is -2.53. The molecule has 4 rings (SSSR count). The molecule has 5 nitrogen and oxygen atoms in total. The molecule has 1 aliphatic carbocycles. The zero-order chi connectivity index (χ0) is 19.6. The first-order valence-electron chi connectivity index (χ1n) is 10.3. The average molecular weight is 383 g/mol. The smallest absolute Gasteiger partial charge is 0.235 e. The second-order valence-corrected chi connectivity index (χ2v) is 8.15. The molecule has 1 saturated carbocycles. The summed E-state index contributed by atoms with van der Waals surface area (Å²) in [7, 11) is 0. The maximum absolute atomic E-state index is 13.1. The minimum atomic E-state index is -0.706. The topological polar surface area (TPSA) is 56.8 Å². The Bertz CT molecular complexity index is 847. The minimum Gasteiger partial charge on any atom is -0.493 e. The van der Waals surface area contributed by atoms with Gasteiger partial charge in [0.15, 0.2) is 5.79 Å². The molecule has 1 aliphatic heterocycles. The Hall–Kier alpha value is -2.11. The Morgan fingerprint density at radius 2 is 1.71 bits per heavy atom. The van der Waals surface area contributed by atoms with Gasteiger partial charge in [-0.3, -0.25) is 4.79 Å². The van der Waals surface area contributed by atoms with Crippen LogP contribution in [-0.4, -0.2) is 31.5 Å². The summed E-state index contributed by atoms with van der Waals surface area (Å²) in [6.07, 6.45) is 5.33. The Kier molecular flexibility index (Phi) is 5.30. The molecule has 1 heterocycles. The lowest BCUT2D eigenvalue weighted by atomic mass is 9.87. The van der Waals surface area contributed by atoms with Gasteiger partial charge in [0.1, 0.15) is 5.75 Å². The van der Waals surface area contributed by atoms with Crippen molar-refractivity contribution in [2.45, 2.75) is 51.7 Å². The number of amides is 1. The van der Waals surface area contributed by atoms with Gasteiger partial charge in [-0.2, -0.15) is 0 Å². The van der Waals surface area contributed by atoms with Crippen LogP contribution in [-0.2, 0) is 14.3 Å². The summed E-state index contributed by atoms with van der Waals surface area (Å²) in [5.41, 5.74) is 0.0748. The van der Waals surface area contributed by atoms with E-state index in [1.54, 1.807) is 0 Å². The zero-order valence-corrected chi connectivity index (χ0v) is 16.8. The van der Waals surface area contributed by atoms with Gasteiger partial charge >= 0.3 is 0 Å². The van der Waals surface area contributed by atoms with Crippen molar-refractivity contribution in [2.24, 2.45) is 5.41 Å². The van der Waals surface area contributed by atoms with E-state index in [9.17, 15) is 4.79 Å². The van der Waals surface area contributed by atoms with Gasteiger partial charge < -0.3 is 19.5 Å². The van der Waals surface area contributed by atoms with Crippen molar-refractivity contribution in [3.05, 3.63) is 36.4 Å². The van der Waals surface area contributed by atoms with E-state index in [0.717, 1.165) is 47.9 Å². The number of hydrogen-bond acceptors (Lipinski definition) is 4. The van der Waals surface area contributed by atoms with Crippen LogP contribution in [0.1, 0.15) is 46.0 Å². The summed E-state index contributed by atoms with van der Waals surface area (Å²) in [6, 6.07) is 11.8. The molecule has 2 aromatic rings. The first-order chi connectivity index (χ1) is 13.6. The fourth-order valence-electron chi connectivity index (χ4n) is 4.11. The maximum Gasteiger partial charge on any atom is 0.235 e. The van der Waals surface area contributed by atoms with Crippen LogP contribution < -0.4 is 10.1 Å². The van der Waals surface area contributed by atoms with Gasteiger partial charge in [0.25, 0.3) is 0 Å². The van der Waals surface area contributed by atoms with Crippen molar-refractivity contribution in [3.8, 4) is 5.75 Å². The van der Waals surface area contributed by atoms with Gasteiger partial charge in [-0.25, -0.2) is 0 Å². The first-order valence-corrected chi connectivity index (χ1v) is 10.3. The second kappa shape index (κ2) is 7.72. The number of ether oxygens (including phenoxy) is 3. The molecule has 2 aromatic carbocycles. The van der Waals surface area contributed by atoms with Crippen molar-refractivity contribution < 1.29 is 19.0 Å². The lowest BCUT2D eigenvalue weighted by molar-refractivity contribution is -0.306. The van der Waals surface area contributed by atoms with Crippen molar-refractivity contribution in [2.75, 3.05) is 25.1 Å². The van der Waals surface area contributed by atoms with Gasteiger partial charge in [-0.05, 0) is 38.8 Å².